The van der Waals surface area contributed by atoms with Crippen molar-refractivity contribution in [1.29, 1.82) is 0 Å². The van der Waals surface area contributed by atoms with Crippen LogP contribution in [0.25, 0.3) is 11.3 Å². The van der Waals surface area contributed by atoms with Crippen LogP contribution < -0.4 is 5.32 Å². The minimum atomic E-state index is -0.388. The number of nitrogens with one attached hydrogen (secondary N) is 1. The van der Waals surface area contributed by atoms with E-state index in [1.807, 2.05) is 48.5 Å². The Morgan fingerprint density at radius 1 is 1.12 bits per heavy atom. The molecule has 6 nitrogen and oxygen atoms in total. The lowest BCUT2D eigenvalue weighted by Gasteiger charge is -2.31. The van der Waals surface area contributed by atoms with Crippen molar-refractivity contribution in [2.45, 2.75) is 43.8 Å². The Hall–Kier alpha value is -3.19. The van der Waals surface area contributed by atoms with Gasteiger partial charge in [-0.05, 0) is 55.4 Å². The van der Waals surface area contributed by atoms with Gasteiger partial charge >= 0.3 is 5.97 Å². The first-order chi connectivity index (χ1) is 15.7. The first kappa shape index (κ1) is 20.7. The van der Waals surface area contributed by atoms with Gasteiger partial charge in [-0.3, -0.25) is 4.98 Å². The van der Waals surface area contributed by atoms with Crippen LogP contribution in [0.15, 0.2) is 65.2 Å². The van der Waals surface area contributed by atoms with Gasteiger partial charge in [0.2, 0.25) is 0 Å². The van der Waals surface area contributed by atoms with Crippen LogP contribution in [0, 0.1) is 0 Å². The number of furan rings is 1. The summed E-state index contributed by atoms with van der Waals surface area (Å²) in [5, 5.41) is 4.24. The highest BCUT2D eigenvalue weighted by Crippen LogP contribution is 2.44. The quantitative estimate of drug-likeness (QED) is 0.434. The van der Waals surface area contributed by atoms with E-state index in [9.17, 15) is 4.79 Å². The molecule has 3 heterocycles. The zero-order valence-electron chi connectivity index (χ0n) is 17.9. The summed E-state index contributed by atoms with van der Waals surface area (Å²) in [6.45, 7) is 0. The van der Waals surface area contributed by atoms with E-state index in [-0.39, 0.29) is 18.1 Å². The summed E-state index contributed by atoms with van der Waals surface area (Å²) in [4.78, 5) is 19.2. The minimum absolute atomic E-state index is 0.112. The number of methoxy groups -OCH3 is 1. The first-order valence-electron chi connectivity index (χ1n) is 10.9. The van der Waals surface area contributed by atoms with Crippen LogP contribution in [0.5, 0.6) is 0 Å². The standard InChI is InChI=1S/C25H25N3O3S/c1-30-24(29)18-11-5-4-10-17(18)20-13-14-21(31-20)23-22(19-12-6-7-15-26-19)27-25(32)28(23)16-8-2-3-9-16/h4-7,10-16,22-23H,2-3,8-9H2,1H3,(H,27,32)/t22-,23+/m1/s1. The van der Waals surface area contributed by atoms with Gasteiger partial charge in [-0.1, -0.05) is 37.1 Å². The van der Waals surface area contributed by atoms with Gasteiger partial charge < -0.3 is 19.4 Å². The highest BCUT2D eigenvalue weighted by atomic mass is 32.1. The molecule has 1 aliphatic carbocycles. The average molecular weight is 448 g/mol. The number of carbonyl (C=O) groups is 1. The van der Waals surface area contributed by atoms with Crippen molar-refractivity contribution in [3.63, 3.8) is 0 Å². The third-order valence-electron chi connectivity index (χ3n) is 6.37. The molecule has 32 heavy (non-hydrogen) atoms. The third-order valence-corrected chi connectivity index (χ3v) is 6.70. The maximum atomic E-state index is 12.3. The molecule has 0 spiro atoms. The number of hydrogen-bond acceptors (Lipinski definition) is 5. The number of aromatic nitrogens is 1. The molecule has 164 valence electrons. The van der Waals surface area contributed by atoms with E-state index >= 15 is 0 Å². The van der Waals surface area contributed by atoms with E-state index in [0.29, 0.717) is 22.9 Å². The van der Waals surface area contributed by atoms with Crippen molar-refractivity contribution >= 4 is 23.3 Å². The zero-order valence-corrected chi connectivity index (χ0v) is 18.7. The fourth-order valence-corrected chi connectivity index (χ4v) is 5.28. The highest BCUT2D eigenvalue weighted by molar-refractivity contribution is 7.80. The molecule has 1 N–H and O–H groups in total. The first-order valence-corrected chi connectivity index (χ1v) is 11.4. The van der Waals surface area contributed by atoms with Crippen molar-refractivity contribution in [1.82, 2.24) is 15.2 Å². The molecule has 0 radical (unpaired) electrons. The second-order valence-corrected chi connectivity index (χ2v) is 8.60. The lowest BCUT2D eigenvalue weighted by Crippen LogP contribution is -2.37. The van der Waals surface area contributed by atoms with Crippen molar-refractivity contribution in [3.05, 3.63) is 77.8 Å². The van der Waals surface area contributed by atoms with Gasteiger partial charge in [0.05, 0.1) is 24.4 Å². The topological polar surface area (TPSA) is 67.6 Å². The van der Waals surface area contributed by atoms with E-state index in [1.165, 1.54) is 20.0 Å². The van der Waals surface area contributed by atoms with Crippen LogP contribution in [0.3, 0.4) is 0 Å². The van der Waals surface area contributed by atoms with Crippen LogP contribution in [0.4, 0.5) is 0 Å². The van der Waals surface area contributed by atoms with Gasteiger partial charge in [-0.15, -0.1) is 0 Å². The maximum Gasteiger partial charge on any atom is 0.338 e. The number of carbonyl (C=O) groups excluding carboxylic acids is 1. The SMILES string of the molecule is COC(=O)c1ccccc1-c1ccc([C@H]2[C@@H](c3ccccn3)NC(=S)N2C2CCCC2)o1. The molecule has 0 unspecified atom stereocenters. The van der Waals surface area contributed by atoms with E-state index in [2.05, 4.69) is 15.2 Å². The molecule has 2 atom stereocenters. The van der Waals surface area contributed by atoms with Gasteiger partial charge in [-0.2, -0.15) is 0 Å². The molecule has 0 amide bonds. The lowest BCUT2D eigenvalue weighted by atomic mass is 10.0. The smallest absolute Gasteiger partial charge is 0.338 e. The summed E-state index contributed by atoms with van der Waals surface area (Å²) < 4.78 is 11.4. The van der Waals surface area contributed by atoms with Crippen LogP contribution in [0.2, 0.25) is 0 Å². The molecule has 3 aromatic rings. The van der Waals surface area contributed by atoms with Gasteiger partial charge in [0.1, 0.15) is 17.6 Å². The van der Waals surface area contributed by atoms with Gasteiger partial charge in [0.15, 0.2) is 5.11 Å². The summed E-state index contributed by atoms with van der Waals surface area (Å²) in [6, 6.07) is 17.3. The predicted molar refractivity (Wildman–Crippen MR) is 125 cm³/mol. The molecule has 0 bridgehead atoms. The number of esters is 1. The second kappa shape index (κ2) is 8.74. The van der Waals surface area contributed by atoms with Crippen LogP contribution >= 0.6 is 12.2 Å². The molecule has 1 aromatic carbocycles. The van der Waals surface area contributed by atoms with Gasteiger partial charge in [-0.25, -0.2) is 4.79 Å². The Morgan fingerprint density at radius 3 is 2.66 bits per heavy atom. The minimum Gasteiger partial charge on any atom is -0.465 e. The number of hydrogen-bond donors (Lipinski definition) is 1. The Bertz CT molecular complexity index is 1120. The summed E-state index contributed by atoms with van der Waals surface area (Å²) >= 11 is 5.79. The number of pyridine rings is 1. The molecular formula is C25H25N3O3S. The lowest BCUT2D eigenvalue weighted by molar-refractivity contribution is 0.0601. The number of nitrogens with zero attached hydrogens (tertiary/aromatic N) is 2. The zero-order chi connectivity index (χ0) is 22.1. The van der Waals surface area contributed by atoms with Crippen molar-refractivity contribution in [2.75, 3.05) is 7.11 Å². The third kappa shape index (κ3) is 3.66. The van der Waals surface area contributed by atoms with Crippen molar-refractivity contribution in [2.24, 2.45) is 0 Å². The predicted octanol–water partition coefficient (Wildman–Crippen LogP) is 5.04. The van der Waals surface area contributed by atoms with Gasteiger partial charge in [0, 0.05) is 17.8 Å². The Morgan fingerprint density at radius 2 is 1.91 bits per heavy atom. The molecular weight excluding hydrogens is 422 g/mol. The fourth-order valence-electron chi connectivity index (χ4n) is 4.89. The molecule has 5 rings (SSSR count). The second-order valence-electron chi connectivity index (χ2n) is 8.21. The number of ether oxygens (including phenoxy) is 1. The van der Waals surface area contributed by atoms with E-state index in [0.717, 1.165) is 29.4 Å². The summed E-state index contributed by atoms with van der Waals surface area (Å²) in [7, 11) is 1.38. The van der Waals surface area contributed by atoms with Crippen molar-refractivity contribution < 1.29 is 13.9 Å². The Kier molecular flexibility index (Phi) is 5.66. The molecule has 2 fully saturated rings. The molecule has 1 saturated heterocycles. The number of rotatable bonds is 5. The monoisotopic (exact) mass is 447 g/mol. The van der Waals surface area contributed by atoms with Crippen LogP contribution in [0.1, 0.15) is 59.6 Å². The Balaban J connectivity index is 1.56. The maximum absolute atomic E-state index is 12.3. The van der Waals surface area contributed by atoms with E-state index < -0.39 is 0 Å². The molecule has 2 aromatic heterocycles. The highest BCUT2D eigenvalue weighted by Gasteiger charge is 2.45. The summed E-state index contributed by atoms with van der Waals surface area (Å²) in [5.41, 5.74) is 2.11. The van der Waals surface area contributed by atoms with Crippen molar-refractivity contribution in [3.8, 4) is 11.3 Å². The normalized spacial score (nSPS) is 21.0. The van der Waals surface area contributed by atoms with Crippen LogP contribution in [-0.4, -0.2) is 34.1 Å². The van der Waals surface area contributed by atoms with Crippen LogP contribution in [-0.2, 0) is 4.74 Å². The summed E-state index contributed by atoms with van der Waals surface area (Å²) in [5.74, 6) is 1.04. The Labute approximate surface area is 192 Å². The van der Waals surface area contributed by atoms with E-state index in [1.54, 1.807) is 12.3 Å². The number of thiocarbonyl (C=S) groups is 1. The number of benzene rings is 1. The van der Waals surface area contributed by atoms with Gasteiger partial charge in [0.25, 0.3) is 0 Å². The molecule has 7 heteroatoms. The van der Waals surface area contributed by atoms with E-state index in [4.69, 9.17) is 21.4 Å². The summed E-state index contributed by atoms with van der Waals surface area (Å²) in [6.07, 6.45) is 6.45. The average Bonchev–Trinajstić information content (AvgIpc) is 3.58. The largest absolute Gasteiger partial charge is 0.465 e. The fraction of sp³-hybridized carbons (Fsp3) is 0.320. The molecule has 1 aliphatic heterocycles. The molecule has 1 saturated carbocycles. The molecule has 2 aliphatic rings.